The van der Waals surface area contributed by atoms with Crippen molar-refractivity contribution in [1.82, 2.24) is 14.8 Å². The molecule has 1 aliphatic rings. The number of ether oxygens (including phenoxy) is 1. The van der Waals surface area contributed by atoms with Crippen LogP contribution in [0.4, 0.5) is 0 Å². The maximum Gasteiger partial charge on any atom is 0.226 e. The van der Waals surface area contributed by atoms with Crippen molar-refractivity contribution in [3.8, 4) is 23.0 Å². The van der Waals surface area contributed by atoms with Crippen LogP contribution in [0.3, 0.4) is 0 Å². The van der Waals surface area contributed by atoms with Crippen LogP contribution in [0.25, 0.3) is 11.5 Å². The molecule has 2 aromatic carbocycles. The van der Waals surface area contributed by atoms with Gasteiger partial charge in [-0.2, -0.15) is 0 Å². The lowest BCUT2D eigenvalue weighted by Gasteiger charge is -2.20. The Kier molecular flexibility index (Phi) is 6.37. The molecule has 0 bridgehead atoms. The quantitative estimate of drug-likeness (QED) is 0.528. The van der Waals surface area contributed by atoms with E-state index in [1.807, 2.05) is 73.3 Å². The summed E-state index contributed by atoms with van der Waals surface area (Å²) in [5, 5.41) is 0. The summed E-state index contributed by atoms with van der Waals surface area (Å²) in [7, 11) is 2.07. The predicted molar refractivity (Wildman–Crippen MR) is 120 cm³/mol. The molecule has 0 aliphatic carbocycles. The molecule has 0 spiro atoms. The van der Waals surface area contributed by atoms with E-state index in [1.165, 1.54) is 0 Å². The van der Waals surface area contributed by atoms with Gasteiger partial charge in [-0.1, -0.05) is 24.3 Å². The number of rotatable bonds is 8. The Hall–Kier alpha value is -3.12. The van der Waals surface area contributed by atoms with Gasteiger partial charge in [0.25, 0.3) is 0 Å². The average Bonchev–Trinajstić information content (AvgIpc) is 3.30. The molecular formula is C25H29N3O3. The van der Waals surface area contributed by atoms with Crippen molar-refractivity contribution in [3.05, 3.63) is 66.1 Å². The third-order valence-corrected chi connectivity index (χ3v) is 5.62. The number of carbonyl (C=O) groups is 1. The zero-order valence-electron chi connectivity index (χ0n) is 18.4. The molecule has 0 N–H and O–H groups in total. The minimum Gasteiger partial charge on any atom is -0.457 e. The highest BCUT2D eigenvalue weighted by atomic mass is 16.5. The summed E-state index contributed by atoms with van der Waals surface area (Å²) in [4.78, 5) is 20.9. The van der Waals surface area contributed by atoms with Crippen LogP contribution in [0.5, 0.6) is 11.5 Å². The molecule has 1 amide bonds. The third-order valence-electron chi connectivity index (χ3n) is 5.62. The summed E-state index contributed by atoms with van der Waals surface area (Å²) in [6, 6.07) is 17.5. The molecule has 6 nitrogen and oxygen atoms in total. The standard InChI is InChI=1S/C25H29N3O3/c1-4-28-16-19(13-24(28)29)15-27(3)17-23-18(2)30-25(26-23)20-9-8-12-22(14-20)31-21-10-6-5-7-11-21/h5-12,14,19H,4,13,15-17H2,1-3H3. The summed E-state index contributed by atoms with van der Waals surface area (Å²) < 4.78 is 11.9. The predicted octanol–water partition coefficient (Wildman–Crippen LogP) is 4.74. The van der Waals surface area contributed by atoms with Gasteiger partial charge < -0.3 is 19.0 Å². The van der Waals surface area contributed by atoms with Crippen molar-refractivity contribution in [3.63, 3.8) is 0 Å². The molecule has 31 heavy (non-hydrogen) atoms. The summed E-state index contributed by atoms with van der Waals surface area (Å²) in [5.41, 5.74) is 1.80. The van der Waals surface area contributed by atoms with Crippen LogP contribution in [-0.4, -0.2) is 47.4 Å². The highest BCUT2D eigenvalue weighted by molar-refractivity contribution is 5.78. The van der Waals surface area contributed by atoms with Gasteiger partial charge in [-0.05, 0) is 57.1 Å². The van der Waals surface area contributed by atoms with Gasteiger partial charge in [0.2, 0.25) is 11.8 Å². The summed E-state index contributed by atoms with van der Waals surface area (Å²) in [6.45, 7) is 7.16. The Bertz CT molecular complexity index is 1030. The molecule has 162 valence electrons. The Morgan fingerprint density at radius 3 is 2.68 bits per heavy atom. The van der Waals surface area contributed by atoms with Crippen molar-refractivity contribution < 1.29 is 13.9 Å². The number of oxazole rings is 1. The number of aryl methyl sites for hydroxylation is 1. The molecule has 3 aromatic rings. The molecular weight excluding hydrogens is 390 g/mol. The van der Waals surface area contributed by atoms with Crippen molar-refractivity contribution in [2.45, 2.75) is 26.8 Å². The largest absolute Gasteiger partial charge is 0.457 e. The number of hydrogen-bond acceptors (Lipinski definition) is 5. The zero-order valence-corrected chi connectivity index (χ0v) is 18.4. The number of likely N-dealkylation sites (tertiary alicyclic amines) is 1. The highest BCUT2D eigenvalue weighted by Gasteiger charge is 2.29. The first-order chi connectivity index (χ1) is 15.0. The fourth-order valence-electron chi connectivity index (χ4n) is 4.06. The lowest BCUT2D eigenvalue weighted by Crippen LogP contribution is -2.28. The molecule has 1 atom stereocenters. The minimum atomic E-state index is 0.262. The second kappa shape index (κ2) is 9.35. The first kappa shape index (κ1) is 21.1. The number of nitrogens with zero attached hydrogens (tertiary/aromatic N) is 3. The van der Waals surface area contributed by atoms with Crippen molar-refractivity contribution in [2.24, 2.45) is 5.92 Å². The van der Waals surface area contributed by atoms with E-state index in [4.69, 9.17) is 14.1 Å². The lowest BCUT2D eigenvalue weighted by molar-refractivity contribution is -0.127. The van der Waals surface area contributed by atoms with E-state index in [0.717, 1.165) is 48.2 Å². The van der Waals surface area contributed by atoms with Crippen molar-refractivity contribution in [2.75, 3.05) is 26.7 Å². The van der Waals surface area contributed by atoms with E-state index in [2.05, 4.69) is 11.9 Å². The van der Waals surface area contributed by atoms with Gasteiger partial charge in [0.15, 0.2) is 0 Å². The van der Waals surface area contributed by atoms with Crippen LogP contribution >= 0.6 is 0 Å². The van der Waals surface area contributed by atoms with Gasteiger partial charge in [0.05, 0.1) is 5.69 Å². The molecule has 4 rings (SSSR count). The molecule has 0 saturated carbocycles. The van der Waals surface area contributed by atoms with Crippen molar-refractivity contribution >= 4 is 5.91 Å². The Morgan fingerprint density at radius 1 is 1.16 bits per heavy atom. The van der Waals surface area contributed by atoms with E-state index >= 15 is 0 Å². The number of carbonyl (C=O) groups excluding carboxylic acids is 1. The van der Waals surface area contributed by atoms with Crippen LogP contribution in [0.1, 0.15) is 24.8 Å². The van der Waals surface area contributed by atoms with Crippen LogP contribution in [0, 0.1) is 12.8 Å². The maximum atomic E-state index is 12.0. The van der Waals surface area contributed by atoms with Gasteiger partial charge >= 0.3 is 0 Å². The van der Waals surface area contributed by atoms with E-state index in [0.29, 0.717) is 24.8 Å². The van der Waals surface area contributed by atoms with Crippen LogP contribution in [-0.2, 0) is 11.3 Å². The Balaban J connectivity index is 1.42. The normalized spacial score (nSPS) is 16.3. The molecule has 1 fully saturated rings. The fourth-order valence-corrected chi connectivity index (χ4v) is 4.06. The van der Waals surface area contributed by atoms with Gasteiger partial charge in [0, 0.05) is 38.2 Å². The summed E-state index contributed by atoms with van der Waals surface area (Å²) in [5.74, 6) is 3.57. The topological polar surface area (TPSA) is 58.8 Å². The average molecular weight is 420 g/mol. The SMILES string of the molecule is CCN1CC(CN(C)Cc2nc(-c3cccc(Oc4ccccc4)c3)oc2C)CC1=O. The number of para-hydroxylation sites is 1. The number of aromatic nitrogens is 1. The molecule has 1 saturated heterocycles. The minimum absolute atomic E-state index is 0.262. The monoisotopic (exact) mass is 419 g/mol. The second-order valence-corrected chi connectivity index (χ2v) is 8.16. The van der Waals surface area contributed by atoms with E-state index in [9.17, 15) is 4.79 Å². The highest BCUT2D eigenvalue weighted by Crippen LogP contribution is 2.28. The second-order valence-electron chi connectivity index (χ2n) is 8.16. The third kappa shape index (κ3) is 5.14. The van der Waals surface area contributed by atoms with Crippen molar-refractivity contribution in [1.29, 1.82) is 0 Å². The molecule has 0 radical (unpaired) electrons. The number of amides is 1. The van der Waals surface area contributed by atoms with E-state index in [-0.39, 0.29) is 5.91 Å². The number of benzene rings is 2. The summed E-state index contributed by atoms with van der Waals surface area (Å²) in [6.07, 6.45) is 0.634. The first-order valence-electron chi connectivity index (χ1n) is 10.8. The maximum absolute atomic E-state index is 12.0. The van der Waals surface area contributed by atoms with Crippen LogP contribution < -0.4 is 4.74 Å². The molecule has 1 aromatic heterocycles. The van der Waals surface area contributed by atoms with Crippen LogP contribution in [0.2, 0.25) is 0 Å². The zero-order chi connectivity index (χ0) is 21.8. The molecule has 6 heteroatoms. The van der Waals surface area contributed by atoms with E-state index < -0.39 is 0 Å². The smallest absolute Gasteiger partial charge is 0.226 e. The lowest BCUT2D eigenvalue weighted by atomic mass is 10.1. The molecule has 1 aliphatic heterocycles. The molecule has 2 heterocycles. The fraction of sp³-hybridized carbons (Fsp3) is 0.360. The summed E-state index contributed by atoms with van der Waals surface area (Å²) >= 11 is 0. The first-order valence-corrected chi connectivity index (χ1v) is 10.8. The Morgan fingerprint density at radius 2 is 1.94 bits per heavy atom. The Labute approximate surface area is 183 Å². The van der Waals surface area contributed by atoms with Gasteiger partial charge in [0.1, 0.15) is 17.3 Å². The van der Waals surface area contributed by atoms with Gasteiger partial charge in [-0.15, -0.1) is 0 Å². The van der Waals surface area contributed by atoms with Gasteiger partial charge in [-0.25, -0.2) is 4.98 Å². The van der Waals surface area contributed by atoms with E-state index in [1.54, 1.807) is 0 Å². The van der Waals surface area contributed by atoms with Crippen LogP contribution in [0.15, 0.2) is 59.0 Å². The number of hydrogen-bond donors (Lipinski definition) is 0. The molecule has 1 unspecified atom stereocenters. The van der Waals surface area contributed by atoms with Gasteiger partial charge in [-0.3, -0.25) is 4.79 Å².